The molecule has 1 fully saturated rings. The maximum Gasteiger partial charge on any atom is 0.357 e. The third kappa shape index (κ3) is 3.47. The number of esters is 1. The molecule has 1 aliphatic heterocycles. The van der Waals surface area contributed by atoms with Crippen molar-refractivity contribution in [1.82, 2.24) is 4.98 Å². The molecule has 1 atom stereocenters. The van der Waals surface area contributed by atoms with Gasteiger partial charge in [-0.2, -0.15) is 0 Å². The molecule has 1 aliphatic rings. The van der Waals surface area contributed by atoms with Gasteiger partial charge in [-0.1, -0.05) is 0 Å². The summed E-state index contributed by atoms with van der Waals surface area (Å²) in [6.07, 6.45) is -0.242. The number of carbonyl (C=O) groups excluding carboxylic acids is 1. The summed E-state index contributed by atoms with van der Waals surface area (Å²) in [6, 6.07) is 0. The van der Waals surface area contributed by atoms with Crippen molar-refractivity contribution in [1.29, 1.82) is 0 Å². The summed E-state index contributed by atoms with van der Waals surface area (Å²) in [5.74, 6) is -0.402. The number of morpholine rings is 1. The molecule has 1 N–H and O–H groups in total. The van der Waals surface area contributed by atoms with Crippen LogP contribution in [-0.4, -0.2) is 54.1 Å². The lowest BCUT2D eigenvalue weighted by molar-refractivity contribution is -0.101. The standard InChI is InChI=1S/C13H20N2O4S/c1-4-18-11(17)10-7-20-12(14-10)15-5-9(6-16)19-13(2,3)8-15/h7,9,16H,4-6,8H2,1-3H3. The van der Waals surface area contributed by atoms with Crippen LogP contribution >= 0.6 is 11.3 Å². The molecule has 1 unspecified atom stereocenters. The van der Waals surface area contributed by atoms with Gasteiger partial charge in [-0.3, -0.25) is 0 Å². The van der Waals surface area contributed by atoms with Crippen LogP contribution in [0.5, 0.6) is 0 Å². The summed E-state index contributed by atoms with van der Waals surface area (Å²) >= 11 is 1.40. The second-order valence-corrected chi connectivity index (χ2v) is 6.13. The second-order valence-electron chi connectivity index (χ2n) is 5.30. The molecular formula is C13H20N2O4S. The zero-order valence-corrected chi connectivity index (χ0v) is 12.8. The third-order valence-electron chi connectivity index (χ3n) is 2.93. The number of hydrogen-bond acceptors (Lipinski definition) is 7. The Morgan fingerprint density at radius 1 is 1.70 bits per heavy atom. The Balaban J connectivity index is 2.12. The summed E-state index contributed by atoms with van der Waals surface area (Å²) in [4.78, 5) is 18.0. The van der Waals surface area contributed by atoms with Crippen molar-refractivity contribution in [3.63, 3.8) is 0 Å². The van der Waals surface area contributed by atoms with Gasteiger partial charge >= 0.3 is 5.97 Å². The van der Waals surface area contributed by atoms with Crippen LogP contribution in [0.1, 0.15) is 31.3 Å². The predicted molar refractivity (Wildman–Crippen MR) is 76.3 cm³/mol. The van der Waals surface area contributed by atoms with Gasteiger partial charge in [0.1, 0.15) is 0 Å². The number of aromatic nitrogens is 1. The van der Waals surface area contributed by atoms with Gasteiger partial charge < -0.3 is 19.5 Å². The first-order chi connectivity index (χ1) is 9.45. The summed E-state index contributed by atoms with van der Waals surface area (Å²) in [5.41, 5.74) is -0.0294. The van der Waals surface area contributed by atoms with Crippen LogP contribution in [0.15, 0.2) is 5.38 Å². The van der Waals surface area contributed by atoms with E-state index in [0.717, 1.165) is 5.13 Å². The molecule has 0 amide bonds. The number of aliphatic hydroxyl groups excluding tert-OH is 1. The van der Waals surface area contributed by atoms with Gasteiger partial charge in [-0.05, 0) is 20.8 Å². The fraction of sp³-hybridized carbons (Fsp3) is 0.692. The number of rotatable bonds is 4. The van der Waals surface area contributed by atoms with Crippen LogP contribution in [0.2, 0.25) is 0 Å². The van der Waals surface area contributed by atoms with Crippen molar-refractivity contribution in [2.75, 3.05) is 31.2 Å². The molecule has 1 saturated heterocycles. The van der Waals surface area contributed by atoms with Crippen molar-refractivity contribution in [2.24, 2.45) is 0 Å². The lowest BCUT2D eigenvalue weighted by Crippen LogP contribution is -2.54. The number of ether oxygens (including phenoxy) is 2. The van der Waals surface area contributed by atoms with Gasteiger partial charge in [0.15, 0.2) is 10.8 Å². The zero-order chi connectivity index (χ0) is 14.8. The molecule has 6 nitrogen and oxygen atoms in total. The quantitative estimate of drug-likeness (QED) is 0.845. The summed E-state index contributed by atoms with van der Waals surface area (Å²) < 4.78 is 10.7. The van der Waals surface area contributed by atoms with E-state index in [1.54, 1.807) is 12.3 Å². The van der Waals surface area contributed by atoms with E-state index in [4.69, 9.17) is 9.47 Å². The van der Waals surface area contributed by atoms with Crippen molar-refractivity contribution >= 4 is 22.4 Å². The molecule has 0 bridgehead atoms. The van der Waals surface area contributed by atoms with Crippen LogP contribution in [0.4, 0.5) is 5.13 Å². The fourth-order valence-electron chi connectivity index (χ4n) is 2.24. The van der Waals surface area contributed by atoms with E-state index in [-0.39, 0.29) is 18.3 Å². The molecule has 0 radical (unpaired) electrons. The Hall–Kier alpha value is -1.18. The summed E-state index contributed by atoms with van der Waals surface area (Å²) in [7, 11) is 0. The maximum atomic E-state index is 11.6. The molecule has 112 valence electrons. The van der Waals surface area contributed by atoms with Gasteiger partial charge in [0, 0.05) is 18.5 Å². The molecule has 2 heterocycles. The normalized spacial score (nSPS) is 21.8. The number of aliphatic hydroxyl groups is 1. The Labute approximate surface area is 122 Å². The zero-order valence-electron chi connectivity index (χ0n) is 12.0. The molecule has 0 spiro atoms. The molecule has 1 aromatic rings. The Kier molecular flexibility index (Phi) is 4.62. The van der Waals surface area contributed by atoms with E-state index in [2.05, 4.69) is 4.98 Å². The first kappa shape index (κ1) is 15.2. The highest BCUT2D eigenvalue weighted by Crippen LogP contribution is 2.28. The Bertz CT molecular complexity index is 475. The molecule has 0 aromatic carbocycles. The molecule has 2 rings (SSSR count). The van der Waals surface area contributed by atoms with Gasteiger partial charge in [-0.25, -0.2) is 9.78 Å². The molecule has 0 aliphatic carbocycles. The van der Waals surface area contributed by atoms with Crippen LogP contribution in [0, 0.1) is 0 Å². The van der Waals surface area contributed by atoms with Gasteiger partial charge in [0.2, 0.25) is 0 Å². The highest BCUT2D eigenvalue weighted by atomic mass is 32.1. The van der Waals surface area contributed by atoms with Crippen molar-refractivity contribution < 1.29 is 19.4 Å². The van der Waals surface area contributed by atoms with Gasteiger partial charge in [0.25, 0.3) is 0 Å². The third-order valence-corrected chi connectivity index (χ3v) is 3.83. The minimum absolute atomic E-state index is 0.0317. The second kappa shape index (κ2) is 6.07. The van der Waals surface area contributed by atoms with Gasteiger partial charge in [0.05, 0.1) is 24.9 Å². The van der Waals surface area contributed by atoms with Gasteiger partial charge in [-0.15, -0.1) is 11.3 Å². The summed E-state index contributed by atoms with van der Waals surface area (Å²) in [5, 5.41) is 11.8. The fourth-order valence-corrected chi connectivity index (χ4v) is 3.05. The number of nitrogens with zero attached hydrogens (tertiary/aromatic N) is 2. The largest absolute Gasteiger partial charge is 0.461 e. The number of carbonyl (C=O) groups is 1. The topological polar surface area (TPSA) is 71.9 Å². The van der Waals surface area contributed by atoms with E-state index in [9.17, 15) is 9.90 Å². The van der Waals surface area contributed by atoms with Crippen LogP contribution < -0.4 is 4.90 Å². The average Bonchev–Trinajstić information content (AvgIpc) is 2.86. The van der Waals surface area contributed by atoms with E-state index < -0.39 is 5.97 Å². The molecular weight excluding hydrogens is 280 g/mol. The number of anilines is 1. The van der Waals surface area contributed by atoms with Crippen LogP contribution in [-0.2, 0) is 9.47 Å². The van der Waals surface area contributed by atoms with Crippen LogP contribution in [0.25, 0.3) is 0 Å². The minimum Gasteiger partial charge on any atom is -0.461 e. The molecule has 0 saturated carbocycles. The van der Waals surface area contributed by atoms with E-state index in [0.29, 0.717) is 25.4 Å². The molecule has 1 aromatic heterocycles. The predicted octanol–water partition coefficient (Wildman–Crippen LogP) is 1.30. The first-order valence-corrected chi connectivity index (χ1v) is 7.49. The highest BCUT2D eigenvalue weighted by molar-refractivity contribution is 7.13. The summed E-state index contributed by atoms with van der Waals surface area (Å²) in [6.45, 7) is 7.25. The molecule has 7 heteroatoms. The van der Waals surface area contributed by atoms with E-state index in [1.807, 2.05) is 18.7 Å². The number of thiazole rings is 1. The van der Waals surface area contributed by atoms with E-state index >= 15 is 0 Å². The average molecular weight is 300 g/mol. The molecule has 20 heavy (non-hydrogen) atoms. The van der Waals surface area contributed by atoms with Crippen LogP contribution in [0.3, 0.4) is 0 Å². The monoisotopic (exact) mass is 300 g/mol. The van der Waals surface area contributed by atoms with Crippen molar-refractivity contribution in [2.45, 2.75) is 32.5 Å². The number of hydrogen-bond donors (Lipinski definition) is 1. The van der Waals surface area contributed by atoms with Crippen molar-refractivity contribution in [3.05, 3.63) is 11.1 Å². The lowest BCUT2D eigenvalue weighted by atomic mass is 10.1. The highest BCUT2D eigenvalue weighted by Gasteiger charge is 2.34. The lowest BCUT2D eigenvalue weighted by Gasteiger charge is -2.42. The first-order valence-electron chi connectivity index (χ1n) is 6.61. The minimum atomic E-state index is -0.402. The van der Waals surface area contributed by atoms with Crippen molar-refractivity contribution in [3.8, 4) is 0 Å². The smallest absolute Gasteiger partial charge is 0.357 e. The Morgan fingerprint density at radius 3 is 3.10 bits per heavy atom. The SMILES string of the molecule is CCOC(=O)c1csc(N2CC(CO)OC(C)(C)C2)n1. The maximum absolute atomic E-state index is 11.6. The van der Waals surface area contributed by atoms with E-state index in [1.165, 1.54) is 11.3 Å². The Morgan fingerprint density at radius 2 is 2.45 bits per heavy atom.